The van der Waals surface area contributed by atoms with E-state index in [2.05, 4.69) is 4.99 Å². The molecule has 0 atom stereocenters. The molecule has 34 heavy (non-hydrogen) atoms. The number of fused-ring (bicyclic) bond motifs is 1. The van der Waals surface area contributed by atoms with Crippen molar-refractivity contribution >= 4 is 37.5 Å². The fourth-order valence-electron chi connectivity index (χ4n) is 3.41. The Morgan fingerprint density at radius 1 is 1.09 bits per heavy atom. The number of amides is 1. The Labute approximate surface area is 202 Å². The summed E-state index contributed by atoms with van der Waals surface area (Å²) in [4.78, 5) is 17.5. The molecule has 0 aliphatic rings. The molecule has 1 heterocycles. The maximum atomic E-state index is 14.4. The van der Waals surface area contributed by atoms with Gasteiger partial charge >= 0.3 is 0 Å². The number of thiazole rings is 1. The van der Waals surface area contributed by atoms with E-state index in [9.17, 15) is 17.6 Å². The van der Waals surface area contributed by atoms with Gasteiger partial charge in [-0.15, -0.1) is 0 Å². The average molecular weight is 510 g/mol. The van der Waals surface area contributed by atoms with E-state index in [-0.39, 0.29) is 42.6 Å². The molecule has 3 aromatic rings. The average Bonchev–Trinajstić information content (AvgIpc) is 3.17. The van der Waals surface area contributed by atoms with Gasteiger partial charge in [0.2, 0.25) is 10.0 Å². The first-order valence-electron chi connectivity index (χ1n) is 10.8. The number of carbonyl (C=O) groups is 1. The number of hydrogen-bond acceptors (Lipinski definition) is 6. The van der Waals surface area contributed by atoms with Gasteiger partial charge in [0.15, 0.2) is 4.80 Å². The lowest BCUT2D eigenvalue weighted by Crippen LogP contribution is -2.36. The number of ether oxygens (including phenoxy) is 2. The quantitative estimate of drug-likeness (QED) is 0.396. The lowest BCUT2D eigenvalue weighted by atomic mass is 10.2. The highest BCUT2D eigenvalue weighted by Crippen LogP contribution is 2.21. The van der Waals surface area contributed by atoms with Crippen molar-refractivity contribution in [2.75, 3.05) is 40.5 Å². The molecule has 0 saturated carbocycles. The monoisotopic (exact) mass is 509 g/mol. The Morgan fingerprint density at radius 3 is 2.32 bits per heavy atom. The van der Waals surface area contributed by atoms with Crippen molar-refractivity contribution in [1.29, 1.82) is 0 Å². The molecule has 1 aromatic heterocycles. The molecular formula is C23H28FN3O5S2. The van der Waals surface area contributed by atoms with Crippen molar-refractivity contribution in [3.8, 4) is 0 Å². The van der Waals surface area contributed by atoms with Crippen LogP contribution in [0.25, 0.3) is 10.2 Å². The zero-order chi connectivity index (χ0) is 24.7. The van der Waals surface area contributed by atoms with Gasteiger partial charge in [-0.3, -0.25) is 4.79 Å². The summed E-state index contributed by atoms with van der Waals surface area (Å²) in [5, 5.41) is 0. The number of sulfonamides is 1. The molecular weight excluding hydrogens is 481 g/mol. The third-order valence-electron chi connectivity index (χ3n) is 5.12. The molecule has 0 saturated heterocycles. The Balaban J connectivity index is 1.92. The lowest BCUT2D eigenvalue weighted by Gasteiger charge is -2.21. The molecule has 0 N–H and O–H groups in total. The van der Waals surface area contributed by atoms with E-state index in [1.165, 1.54) is 60.2 Å². The van der Waals surface area contributed by atoms with Crippen molar-refractivity contribution in [1.82, 2.24) is 8.87 Å². The van der Waals surface area contributed by atoms with Crippen LogP contribution in [0.4, 0.5) is 4.39 Å². The molecule has 0 spiro atoms. The molecule has 0 fully saturated rings. The van der Waals surface area contributed by atoms with Crippen LogP contribution in [0.5, 0.6) is 0 Å². The van der Waals surface area contributed by atoms with E-state index in [0.29, 0.717) is 21.6 Å². The van der Waals surface area contributed by atoms with Crippen molar-refractivity contribution in [3.05, 3.63) is 58.6 Å². The normalized spacial score (nSPS) is 12.7. The van der Waals surface area contributed by atoms with Crippen LogP contribution in [0.2, 0.25) is 0 Å². The number of rotatable bonds is 11. The Morgan fingerprint density at radius 2 is 1.74 bits per heavy atom. The molecule has 11 heteroatoms. The third-order valence-corrected chi connectivity index (χ3v) is 8.08. The summed E-state index contributed by atoms with van der Waals surface area (Å²) in [6.07, 6.45) is 0.747. The fourth-order valence-corrected chi connectivity index (χ4v) is 5.89. The number of aromatic nitrogens is 1. The molecule has 0 aliphatic carbocycles. The van der Waals surface area contributed by atoms with E-state index in [0.717, 1.165) is 6.42 Å². The number of carbonyl (C=O) groups excluding carboxylic acids is 1. The first-order valence-corrected chi connectivity index (χ1v) is 13.0. The minimum absolute atomic E-state index is 0.0567. The maximum absolute atomic E-state index is 14.4. The molecule has 0 unspecified atom stereocenters. The van der Waals surface area contributed by atoms with E-state index >= 15 is 0 Å². The van der Waals surface area contributed by atoms with Gasteiger partial charge in [-0.1, -0.05) is 24.3 Å². The van der Waals surface area contributed by atoms with E-state index in [1.807, 2.05) is 6.92 Å². The van der Waals surface area contributed by atoms with Crippen molar-refractivity contribution in [2.24, 2.45) is 4.99 Å². The second-order valence-corrected chi connectivity index (χ2v) is 10.4. The minimum atomic E-state index is -3.80. The van der Waals surface area contributed by atoms with Gasteiger partial charge in [0.25, 0.3) is 5.91 Å². The summed E-state index contributed by atoms with van der Waals surface area (Å²) in [6.45, 7) is 3.32. The molecule has 0 radical (unpaired) electrons. The summed E-state index contributed by atoms with van der Waals surface area (Å²) in [5.74, 6) is -0.895. The van der Waals surface area contributed by atoms with E-state index in [1.54, 1.807) is 16.7 Å². The smallest absolute Gasteiger partial charge is 0.279 e. The van der Waals surface area contributed by atoms with E-state index < -0.39 is 15.9 Å². The van der Waals surface area contributed by atoms with E-state index in [4.69, 9.17) is 9.47 Å². The summed E-state index contributed by atoms with van der Waals surface area (Å²) < 4.78 is 54.2. The molecule has 0 aliphatic heterocycles. The molecule has 3 rings (SSSR count). The van der Waals surface area contributed by atoms with Crippen molar-refractivity contribution in [3.63, 3.8) is 0 Å². The highest BCUT2D eigenvalue weighted by Gasteiger charge is 2.24. The first kappa shape index (κ1) is 26.2. The highest BCUT2D eigenvalue weighted by atomic mass is 32.2. The Hall–Kier alpha value is -2.44. The summed E-state index contributed by atoms with van der Waals surface area (Å²) >= 11 is 1.24. The molecule has 184 valence electrons. The zero-order valence-corrected chi connectivity index (χ0v) is 21.0. The van der Waals surface area contributed by atoms with Gasteiger partial charge < -0.3 is 14.0 Å². The minimum Gasteiger partial charge on any atom is -0.383 e. The lowest BCUT2D eigenvalue weighted by molar-refractivity contribution is 0.0997. The van der Waals surface area contributed by atoms with Crippen LogP contribution < -0.4 is 4.80 Å². The summed E-state index contributed by atoms with van der Waals surface area (Å²) in [6, 6.07) is 10.4. The van der Waals surface area contributed by atoms with Crippen LogP contribution in [0, 0.1) is 5.82 Å². The summed E-state index contributed by atoms with van der Waals surface area (Å²) in [5.41, 5.74) is 0.662. The van der Waals surface area contributed by atoms with Crippen LogP contribution in [-0.4, -0.2) is 63.7 Å². The summed E-state index contributed by atoms with van der Waals surface area (Å²) in [7, 11) is -0.795. The van der Waals surface area contributed by atoms with Crippen LogP contribution in [0.15, 0.2) is 52.4 Å². The zero-order valence-electron chi connectivity index (χ0n) is 19.4. The fraction of sp³-hybridized carbons (Fsp3) is 0.391. The largest absolute Gasteiger partial charge is 0.383 e. The second kappa shape index (κ2) is 11.8. The number of halogens is 1. The number of nitrogens with zero attached hydrogens (tertiary/aromatic N) is 3. The standard InChI is InChI=1S/C23H28FN3O5S2/c1-4-12-27-21-19(24)6-5-7-20(21)33-23(27)25-22(28)17-8-10-18(11-9-17)34(29,30)26(13-15-31-2)14-16-32-3/h5-11H,4,12-16H2,1-3H3. The van der Waals surface area contributed by atoms with Gasteiger partial charge in [0.05, 0.1) is 28.3 Å². The van der Waals surface area contributed by atoms with Crippen LogP contribution in [0.3, 0.4) is 0 Å². The van der Waals surface area contributed by atoms with Crippen LogP contribution in [0.1, 0.15) is 23.7 Å². The molecule has 0 bridgehead atoms. The van der Waals surface area contributed by atoms with Crippen molar-refractivity contribution < 1.29 is 27.1 Å². The second-order valence-electron chi connectivity index (χ2n) is 7.45. The first-order chi connectivity index (χ1) is 16.3. The van der Waals surface area contributed by atoms with Gasteiger partial charge in [0, 0.05) is 39.4 Å². The predicted molar refractivity (Wildman–Crippen MR) is 129 cm³/mol. The molecule has 8 nitrogen and oxygen atoms in total. The maximum Gasteiger partial charge on any atom is 0.279 e. The van der Waals surface area contributed by atoms with Gasteiger partial charge in [-0.25, -0.2) is 12.8 Å². The van der Waals surface area contributed by atoms with Crippen LogP contribution in [-0.2, 0) is 26.0 Å². The number of aryl methyl sites for hydroxylation is 1. The van der Waals surface area contributed by atoms with Crippen molar-refractivity contribution in [2.45, 2.75) is 24.8 Å². The SMILES string of the molecule is CCCn1c(=NC(=O)c2ccc(S(=O)(=O)N(CCOC)CCOC)cc2)sc2cccc(F)c21. The third kappa shape index (κ3) is 5.78. The number of para-hydroxylation sites is 1. The van der Waals surface area contributed by atoms with Crippen LogP contribution >= 0.6 is 11.3 Å². The number of methoxy groups -OCH3 is 2. The number of benzene rings is 2. The highest BCUT2D eigenvalue weighted by molar-refractivity contribution is 7.89. The molecule has 1 amide bonds. The number of hydrogen-bond donors (Lipinski definition) is 0. The predicted octanol–water partition coefficient (Wildman–Crippen LogP) is 3.28. The van der Waals surface area contributed by atoms with Gasteiger partial charge in [-0.05, 0) is 42.8 Å². The Kier molecular flexibility index (Phi) is 9.09. The molecule has 2 aromatic carbocycles. The topological polar surface area (TPSA) is 90.2 Å². The van der Waals surface area contributed by atoms with Gasteiger partial charge in [-0.2, -0.15) is 9.30 Å². The van der Waals surface area contributed by atoms with Gasteiger partial charge in [0.1, 0.15) is 5.82 Å². The Bertz CT molecular complexity index is 1290.